The molecule has 3 atom stereocenters. The molecule has 0 aromatic rings. The average molecular weight is 248 g/mol. The molecule has 0 aliphatic rings. The van der Waals surface area contributed by atoms with Crippen LogP contribution < -0.4 is 0 Å². The molecule has 0 N–H and O–H groups in total. The van der Waals surface area contributed by atoms with Gasteiger partial charge in [-0.2, -0.15) is 0 Å². The number of hydrogen-bond donors (Lipinski definition) is 0. The van der Waals surface area contributed by atoms with Crippen LogP contribution in [0.15, 0.2) is 12.7 Å². The fraction of sp³-hybridized carbons (Fsp3) is 0.727. The Labute approximate surface area is 101 Å². The van der Waals surface area contributed by atoms with Gasteiger partial charge in [0.1, 0.15) is 6.61 Å². The molecule has 0 heterocycles. The van der Waals surface area contributed by atoms with Crippen molar-refractivity contribution in [2.45, 2.75) is 39.6 Å². The molecule has 0 saturated heterocycles. The van der Waals surface area contributed by atoms with Crippen LogP contribution >= 0.6 is 0 Å². The minimum atomic E-state index is -0.815. The first-order valence-corrected chi connectivity index (χ1v) is 5.27. The molecule has 0 saturated carbocycles. The summed E-state index contributed by atoms with van der Waals surface area (Å²) in [7, 11) is 1.52. The zero-order valence-electron chi connectivity index (χ0n) is 10.7. The number of rotatable bonds is 8. The van der Waals surface area contributed by atoms with Gasteiger partial charge < -0.3 is 23.7 Å². The average Bonchev–Trinajstić information content (AvgIpc) is 2.25. The van der Waals surface area contributed by atoms with Gasteiger partial charge in [0.15, 0.2) is 12.6 Å². The van der Waals surface area contributed by atoms with E-state index in [1.165, 1.54) is 13.2 Å². The van der Waals surface area contributed by atoms with Crippen LogP contribution in [-0.2, 0) is 23.7 Å². The summed E-state index contributed by atoms with van der Waals surface area (Å²) in [5, 5.41) is 0. The molecule has 0 amide bonds. The van der Waals surface area contributed by atoms with Crippen LogP contribution in [0, 0.1) is 0 Å². The van der Waals surface area contributed by atoms with E-state index in [-0.39, 0.29) is 6.61 Å². The summed E-state index contributed by atoms with van der Waals surface area (Å²) in [6.45, 7) is 8.46. The Morgan fingerprint density at radius 1 is 1.18 bits per heavy atom. The van der Waals surface area contributed by atoms with Crippen LogP contribution in [0.1, 0.15) is 20.8 Å². The monoisotopic (exact) mass is 248 g/mol. The second kappa shape index (κ2) is 8.98. The van der Waals surface area contributed by atoms with Crippen LogP contribution in [0.2, 0.25) is 0 Å². The maximum atomic E-state index is 11.0. The van der Waals surface area contributed by atoms with Crippen molar-refractivity contribution < 1.29 is 28.5 Å². The predicted octanol–water partition coefficient (Wildman–Crippen LogP) is 2.04. The molecular formula is C11H20O6. The van der Waals surface area contributed by atoms with E-state index in [0.717, 1.165) is 0 Å². The van der Waals surface area contributed by atoms with Gasteiger partial charge in [0.05, 0.1) is 0 Å². The summed E-state index contributed by atoms with van der Waals surface area (Å²) in [5.74, 6) is 0. The Balaban J connectivity index is 3.80. The maximum absolute atomic E-state index is 11.0. The number of carbonyl (C=O) groups is 1. The lowest BCUT2D eigenvalue weighted by molar-refractivity contribution is -0.266. The minimum absolute atomic E-state index is 0.0956. The maximum Gasteiger partial charge on any atom is 0.510 e. The minimum Gasteiger partial charge on any atom is -0.430 e. The molecule has 3 unspecified atom stereocenters. The number of ether oxygens (including phenoxy) is 5. The topological polar surface area (TPSA) is 63.2 Å². The molecule has 0 aromatic heterocycles. The highest BCUT2D eigenvalue weighted by molar-refractivity contribution is 5.60. The van der Waals surface area contributed by atoms with Gasteiger partial charge in [-0.3, -0.25) is 0 Å². The Hall–Kier alpha value is -1.11. The lowest BCUT2D eigenvalue weighted by atomic mass is 10.6. The van der Waals surface area contributed by atoms with Crippen LogP contribution in [-0.4, -0.2) is 38.7 Å². The van der Waals surface area contributed by atoms with Crippen molar-refractivity contribution in [3.8, 4) is 0 Å². The predicted molar refractivity (Wildman–Crippen MR) is 60.2 cm³/mol. The molecular weight excluding hydrogens is 228 g/mol. The largest absolute Gasteiger partial charge is 0.510 e. The molecule has 17 heavy (non-hydrogen) atoms. The number of hydrogen-bond acceptors (Lipinski definition) is 6. The standard InChI is InChI=1S/C11H20O6/c1-6-7-14-11(12)17-10(4)16-9(3)15-8(2)13-5/h6,8-10H,1,7H2,2-5H3. The lowest BCUT2D eigenvalue weighted by Gasteiger charge is -2.21. The normalized spacial score (nSPS) is 15.8. The summed E-state index contributed by atoms with van der Waals surface area (Å²) in [5.41, 5.74) is 0. The number of carbonyl (C=O) groups excluding carboxylic acids is 1. The summed E-state index contributed by atoms with van der Waals surface area (Å²) in [4.78, 5) is 11.0. The smallest absolute Gasteiger partial charge is 0.430 e. The molecule has 0 aromatic carbocycles. The molecule has 0 rings (SSSR count). The molecule has 0 spiro atoms. The van der Waals surface area contributed by atoms with Crippen molar-refractivity contribution in [3.05, 3.63) is 12.7 Å². The van der Waals surface area contributed by atoms with Crippen LogP contribution in [0.4, 0.5) is 4.79 Å². The van der Waals surface area contributed by atoms with Crippen LogP contribution in [0.25, 0.3) is 0 Å². The van der Waals surface area contributed by atoms with Gasteiger partial charge in [-0.15, -0.1) is 0 Å². The first kappa shape index (κ1) is 15.9. The van der Waals surface area contributed by atoms with E-state index in [1.807, 2.05) is 0 Å². The Morgan fingerprint density at radius 2 is 1.76 bits per heavy atom. The van der Waals surface area contributed by atoms with Gasteiger partial charge in [-0.1, -0.05) is 12.7 Å². The van der Waals surface area contributed by atoms with Crippen LogP contribution in [0.3, 0.4) is 0 Å². The van der Waals surface area contributed by atoms with Crippen molar-refractivity contribution in [2.24, 2.45) is 0 Å². The van der Waals surface area contributed by atoms with Crippen molar-refractivity contribution in [1.82, 2.24) is 0 Å². The lowest BCUT2D eigenvalue weighted by Crippen LogP contribution is -2.28. The van der Waals surface area contributed by atoms with Crippen molar-refractivity contribution >= 4 is 6.16 Å². The summed E-state index contributed by atoms with van der Waals surface area (Å²) in [6, 6.07) is 0. The Morgan fingerprint density at radius 3 is 2.29 bits per heavy atom. The van der Waals surface area contributed by atoms with E-state index in [9.17, 15) is 4.79 Å². The highest BCUT2D eigenvalue weighted by atomic mass is 16.8. The van der Waals surface area contributed by atoms with E-state index in [2.05, 4.69) is 11.3 Å². The third kappa shape index (κ3) is 8.67. The van der Waals surface area contributed by atoms with Gasteiger partial charge in [-0.25, -0.2) is 4.79 Å². The zero-order valence-corrected chi connectivity index (χ0v) is 10.7. The van der Waals surface area contributed by atoms with E-state index in [1.54, 1.807) is 20.8 Å². The first-order valence-electron chi connectivity index (χ1n) is 5.27. The Kier molecular flexibility index (Phi) is 8.39. The third-order valence-corrected chi connectivity index (χ3v) is 1.68. The van der Waals surface area contributed by atoms with Gasteiger partial charge in [0.2, 0.25) is 6.29 Å². The quantitative estimate of drug-likeness (QED) is 0.372. The van der Waals surface area contributed by atoms with E-state index in [0.29, 0.717) is 0 Å². The van der Waals surface area contributed by atoms with E-state index in [4.69, 9.17) is 18.9 Å². The van der Waals surface area contributed by atoms with Gasteiger partial charge in [0, 0.05) is 7.11 Å². The first-order chi connectivity index (χ1) is 7.99. The highest BCUT2D eigenvalue weighted by Crippen LogP contribution is 2.05. The highest BCUT2D eigenvalue weighted by Gasteiger charge is 2.15. The van der Waals surface area contributed by atoms with Gasteiger partial charge >= 0.3 is 6.16 Å². The number of methoxy groups -OCH3 is 1. The molecule has 100 valence electrons. The zero-order chi connectivity index (χ0) is 13.3. The fourth-order valence-corrected chi connectivity index (χ4v) is 0.952. The summed E-state index contributed by atoms with van der Waals surface area (Å²) < 4.78 is 24.8. The van der Waals surface area contributed by atoms with Crippen molar-refractivity contribution in [1.29, 1.82) is 0 Å². The van der Waals surface area contributed by atoms with Crippen LogP contribution in [0.5, 0.6) is 0 Å². The van der Waals surface area contributed by atoms with E-state index < -0.39 is 25.0 Å². The molecule has 6 nitrogen and oxygen atoms in total. The van der Waals surface area contributed by atoms with Crippen molar-refractivity contribution in [2.75, 3.05) is 13.7 Å². The SMILES string of the molecule is C=CCOC(=O)OC(C)OC(C)OC(C)OC. The molecule has 0 fully saturated rings. The summed E-state index contributed by atoms with van der Waals surface area (Å²) in [6.07, 6.45) is -1.11. The second-order valence-electron chi connectivity index (χ2n) is 3.18. The van der Waals surface area contributed by atoms with E-state index >= 15 is 0 Å². The molecule has 0 aliphatic carbocycles. The van der Waals surface area contributed by atoms with Gasteiger partial charge in [-0.05, 0) is 20.8 Å². The fourth-order valence-electron chi connectivity index (χ4n) is 0.952. The molecule has 6 heteroatoms. The second-order valence-corrected chi connectivity index (χ2v) is 3.18. The molecule has 0 aliphatic heterocycles. The Bertz CT molecular complexity index is 230. The molecule has 0 bridgehead atoms. The van der Waals surface area contributed by atoms with Crippen molar-refractivity contribution in [3.63, 3.8) is 0 Å². The summed E-state index contributed by atoms with van der Waals surface area (Å²) >= 11 is 0. The third-order valence-electron chi connectivity index (χ3n) is 1.68. The molecule has 0 radical (unpaired) electrons. The van der Waals surface area contributed by atoms with Gasteiger partial charge in [0.25, 0.3) is 0 Å².